The highest BCUT2D eigenvalue weighted by Gasteiger charge is 2.16. The quantitative estimate of drug-likeness (QED) is 0.510. The van der Waals surface area contributed by atoms with Gasteiger partial charge in [0, 0.05) is 11.8 Å². The predicted molar refractivity (Wildman–Crippen MR) is 79.3 cm³/mol. The van der Waals surface area contributed by atoms with Gasteiger partial charge in [-0.3, -0.25) is 4.79 Å². The fourth-order valence-electron chi connectivity index (χ4n) is 1.39. The number of esters is 1. The molecule has 4 nitrogen and oxygen atoms in total. The number of rotatable bonds is 5. The van der Waals surface area contributed by atoms with Crippen LogP contribution in [0.3, 0.4) is 0 Å². The van der Waals surface area contributed by atoms with Crippen molar-refractivity contribution in [2.45, 2.75) is 26.9 Å². The normalized spacial score (nSPS) is 12.6. The van der Waals surface area contributed by atoms with E-state index in [1.807, 2.05) is 26.0 Å². The monoisotopic (exact) mass is 273 g/mol. The average Bonchev–Trinajstić information content (AvgIpc) is 2.41. The Labute approximate surface area is 119 Å². The molecule has 106 valence electrons. The summed E-state index contributed by atoms with van der Waals surface area (Å²) in [5.74, 6) is -0.906. The zero-order valence-electron chi connectivity index (χ0n) is 11.9. The van der Waals surface area contributed by atoms with Gasteiger partial charge in [-0.2, -0.15) is 0 Å². The van der Waals surface area contributed by atoms with Crippen LogP contribution in [0.5, 0.6) is 0 Å². The molecule has 0 unspecified atom stereocenters. The molecule has 1 rings (SSSR count). The summed E-state index contributed by atoms with van der Waals surface area (Å²) in [6.07, 6.45) is 5.48. The van der Waals surface area contributed by atoms with Crippen molar-refractivity contribution in [3.63, 3.8) is 0 Å². The van der Waals surface area contributed by atoms with Crippen LogP contribution >= 0.6 is 0 Å². The maximum Gasteiger partial charge on any atom is 0.331 e. The summed E-state index contributed by atoms with van der Waals surface area (Å²) in [6, 6.07) is 7.39. The summed E-state index contributed by atoms with van der Waals surface area (Å²) in [4.78, 5) is 23.2. The van der Waals surface area contributed by atoms with Gasteiger partial charge >= 0.3 is 5.97 Å². The van der Waals surface area contributed by atoms with Crippen molar-refractivity contribution >= 4 is 17.6 Å². The van der Waals surface area contributed by atoms with E-state index in [-0.39, 0.29) is 5.91 Å². The van der Waals surface area contributed by atoms with Gasteiger partial charge < -0.3 is 10.1 Å². The van der Waals surface area contributed by atoms with Crippen molar-refractivity contribution < 1.29 is 14.3 Å². The lowest BCUT2D eigenvalue weighted by molar-refractivity contribution is -0.148. The van der Waals surface area contributed by atoms with Crippen molar-refractivity contribution in [3.05, 3.63) is 54.1 Å². The molecule has 0 aromatic heterocycles. The number of anilines is 1. The lowest BCUT2D eigenvalue weighted by atomic mass is 10.2. The van der Waals surface area contributed by atoms with Crippen LogP contribution in [0.4, 0.5) is 5.69 Å². The van der Waals surface area contributed by atoms with Crippen LogP contribution in [0.2, 0.25) is 0 Å². The second-order valence-corrected chi connectivity index (χ2v) is 4.32. The lowest BCUT2D eigenvalue weighted by Gasteiger charge is -2.12. The van der Waals surface area contributed by atoms with Crippen LogP contribution in [0.15, 0.2) is 48.6 Å². The Morgan fingerprint density at radius 3 is 2.45 bits per heavy atom. The molecule has 0 saturated heterocycles. The van der Waals surface area contributed by atoms with E-state index >= 15 is 0 Å². The molecule has 0 bridgehead atoms. The first kappa shape index (κ1) is 15.7. The van der Waals surface area contributed by atoms with Crippen LogP contribution < -0.4 is 5.32 Å². The Bertz CT molecular complexity index is 515. The fourth-order valence-corrected chi connectivity index (χ4v) is 1.39. The highest BCUT2D eigenvalue weighted by Crippen LogP contribution is 2.09. The van der Waals surface area contributed by atoms with Gasteiger partial charge in [0.2, 0.25) is 0 Å². The van der Waals surface area contributed by atoms with Crippen molar-refractivity contribution in [2.75, 3.05) is 5.32 Å². The molecule has 0 heterocycles. The lowest BCUT2D eigenvalue weighted by Crippen LogP contribution is -2.29. The molecule has 0 spiro atoms. The number of benzene rings is 1. The first-order valence-corrected chi connectivity index (χ1v) is 6.40. The zero-order chi connectivity index (χ0) is 15.0. The summed E-state index contributed by atoms with van der Waals surface area (Å²) < 4.78 is 4.98. The van der Waals surface area contributed by atoms with Crippen LogP contribution in [0.25, 0.3) is 0 Å². The van der Waals surface area contributed by atoms with Crippen molar-refractivity contribution in [2.24, 2.45) is 0 Å². The first-order valence-electron chi connectivity index (χ1n) is 6.40. The zero-order valence-corrected chi connectivity index (χ0v) is 11.9. The van der Waals surface area contributed by atoms with Gasteiger partial charge in [-0.05, 0) is 32.9 Å². The van der Waals surface area contributed by atoms with E-state index in [0.717, 1.165) is 5.56 Å². The third-order valence-corrected chi connectivity index (χ3v) is 2.52. The predicted octanol–water partition coefficient (Wildman–Crippen LogP) is 3.00. The van der Waals surface area contributed by atoms with E-state index in [1.165, 1.54) is 13.0 Å². The Morgan fingerprint density at radius 1 is 1.20 bits per heavy atom. The highest BCUT2D eigenvalue weighted by atomic mass is 16.5. The third-order valence-electron chi connectivity index (χ3n) is 2.52. The Hall–Kier alpha value is -2.36. The van der Waals surface area contributed by atoms with Gasteiger partial charge in [0.15, 0.2) is 6.10 Å². The molecular formula is C16H19NO3. The summed E-state index contributed by atoms with van der Waals surface area (Å²) in [6.45, 7) is 5.34. The maximum absolute atomic E-state index is 11.8. The van der Waals surface area contributed by atoms with E-state index in [4.69, 9.17) is 4.74 Å². The number of carbonyl (C=O) groups is 2. The molecule has 1 amide bonds. The Morgan fingerprint density at radius 2 is 1.85 bits per heavy atom. The van der Waals surface area contributed by atoms with E-state index in [0.29, 0.717) is 5.69 Å². The minimum Gasteiger partial charge on any atom is -0.449 e. The van der Waals surface area contributed by atoms with Gasteiger partial charge in [-0.1, -0.05) is 35.9 Å². The first-order chi connectivity index (χ1) is 9.52. The van der Waals surface area contributed by atoms with Crippen LogP contribution in [0, 0.1) is 6.92 Å². The minimum absolute atomic E-state index is 0.360. The number of nitrogens with one attached hydrogen (secondary N) is 1. The molecule has 0 aliphatic carbocycles. The van der Waals surface area contributed by atoms with Gasteiger partial charge in [0.25, 0.3) is 5.91 Å². The fraction of sp³-hybridized carbons (Fsp3) is 0.250. The van der Waals surface area contributed by atoms with Crippen LogP contribution in [0.1, 0.15) is 19.4 Å². The van der Waals surface area contributed by atoms with Crippen molar-refractivity contribution in [3.8, 4) is 0 Å². The number of aryl methyl sites for hydroxylation is 1. The maximum atomic E-state index is 11.8. The smallest absolute Gasteiger partial charge is 0.331 e. The summed E-state index contributed by atoms with van der Waals surface area (Å²) in [5.41, 5.74) is 1.78. The van der Waals surface area contributed by atoms with Crippen LogP contribution in [-0.2, 0) is 14.3 Å². The number of hydrogen-bond donors (Lipinski definition) is 1. The minimum atomic E-state index is -0.848. The van der Waals surface area contributed by atoms with E-state index < -0.39 is 12.1 Å². The number of allylic oxidation sites excluding steroid dienone is 3. The molecule has 0 aliphatic rings. The molecule has 4 heteroatoms. The molecule has 1 aromatic carbocycles. The number of hydrogen-bond acceptors (Lipinski definition) is 3. The molecule has 0 fully saturated rings. The number of ether oxygens (including phenoxy) is 1. The molecular weight excluding hydrogens is 254 g/mol. The SMILES string of the molecule is C/C=C/C=C\C(=O)O[C@H](C)C(=O)Nc1ccc(C)cc1. The van der Waals surface area contributed by atoms with Gasteiger partial charge in [0.1, 0.15) is 0 Å². The second-order valence-electron chi connectivity index (χ2n) is 4.32. The largest absolute Gasteiger partial charge is 0.449 e. The van der Waals surface area contributed by atoms with Gasteiger partial charge in [-0.15, -0.1) is 0 Å². The second kappa shape index (κ2) is 7.94. The molecule has 20 heavy (non-hydrogen) atoms. The summed E-state index contributed by atoms with van der Waals surface area (Å²) >= 11 is 0. The Balaban J connectivity index is 2.50. The van der Waals surface area contributed by atoms with Gasteiger partial charge in [0.05, 0.1) is 0 Å². The van der Waals surface area contributed by atoms with E-state index in [1.54, 1.807) is 30.4 Å². The van der Waals surface area contributed by atoms with Crippen molar-refractivity contribution in [1.82, 2.24) is 0 Å². The topological polar surface area (TPSA) is 55.4 Å². The number of amides is 1. The van der Waals surface area contributed by atoms with Gasteiger partial charge in [-0.25, -0.2) is 4.79 Å². The highest BCUT2D eigenvalue weighted by molar-refractivity contribution is 5.95. The van der Waals surface area contributed by atoms with E-state index in [9.17, 15) is 9.59 Å². The third kappa shape index (κ3) is 5.52. The molecule has 1 atom stereocenters. The van der Waals surface area contributed by atoms with Crippen molar-refractivity contribution in [1.29, 1.82) is 0 Å². The molecule has 0 saturated carbocycles. The molecule has 1 aromatic rings. The average molecular weight is 273 g/mol. The summed E-state index contributed by atoms with van der Waals surface area (Å²) in [7, 11) is 0. The molecule has 1 N–H and O–H groups in total. The standard InChI is InChI=1S/C16H19NO3/c1-4-5-6-7-15(18)20-13(3)16(19)17-14-10-8-12(2)9-11-14/h4-11,13H,1-3H3,(H,17,19)/b5-4+,7-6-/t13-/m1/s1. The number of carbonyl (C=O) groups excluding carboxylic acids is 2. The summed E-state index contributed by atoms with van der Waals surface area (Å²) in [5, 5.41) is 2.69. The molecule has 0 radical (unpaired) electrons. The van der Waals surface area contributed by atoms with Crippen LogP contribution in [-0.4, -0.2) is 18.0 Å². The van der Waals surface area contributed by atoms with E-state index in [2.05, 4.69) is 5.32 Å². The Kier molecular flexibility index (Phi) is 6.23. The molecule has 0 aliphatic heterocycles.